The maximum absolute atomic E-state index is 12.1. The Bertz CT molecular complexity index is 844. The molecular weight excluding hydrogens is 282 g/mol. The number of hydrogen-bond acceptors (Lipinski definition) is 5. The second kappa shape index (κ2) is 5.60. The summed E-state index contributed by atoms with van der Waals surface area (Å²) < 4.78 is 5.08. The summed E-state index contributed by atoms with van der Waals surface area (Å²) in [6.45, 7) is 7.20. The minimum absolute atomic E-state index is 0.0681. The highest BCUT2D eigenvalue weighted by Gasteiger charge is 2.33. The first kappa shape index (κ1) is 15.7. The molecule has 0 aromatic carbocycles. The molecule has 22 heavy (non-hydrogen) atoms. The summed E-state index contributed by atoms with van der Waals surface area (Å²) >= 11 is 0. The van der Waals surface area contributed by atoms with E-state index in [0.29, 0.717) is 28.8 Å². The number of ether oxygens (including phenoxy) is 1. The molecule has 1 N–H and O–H groups in total. The van der Waals surface area contributed by atoms with E-state index in [1.165, 1.54) is 6.20 Å². The van der Waals surface area contributed by atoms with Crippen molar-refractivity contribution in [1.82, 2.24) is 9.97 Å². The van der Waals surface area contributed by atoms with Crippen molar-refractivity contribution in [1.29, 1.82) is 5.26 Å². The number of esters is 1. The number of aryl methyl sites for hydroxylation is 1. The number of H-pyrrole nitrogens is 1. The van der Waals surface area contributed by atoms with Crippen LogP contribution in [-0.4, -0.2) is 22.5 Å². The van der Waals surface area contributed by atoms with E-state index in [2.05, 4.69) is 9.97 Å². The number of aromatic amines is 1. The first-order valence-electron chi connectivity index (χ1n) is 6.93. The summed E-state index contributed by atoms with van der Waals surface area (Å²) in [6.07, 6.45) is 1.50. The Morgan fingerprint density at radius 1 is 1.50 bits per heavy atom. The van der Waals surface area contributed by atoms with Gasteiger partial charge in [0.25, 0.3) is 5.56 Å². The van der Waals surface area contributed by atoms with Gasteiger partial charge in [0.05, 0.1) is 24.0 Å². The molecule has 0 aliphatic rings. The number of pyridine rings is 2. The Morgan fingerprint density at radius 2 is 2.18 bits per heavy atom. The zero-order valence-corrected chi connectivity index (χ0v) is 13.0. The fraction of sp³-hybridized carbons (Fsp3) is 0.375. The first-order valence-corrected chi connectivity index (χ1v) is 6.93. The van der Waals surface area contributed by atoms with Crippen LogP contribution in [0.5, 0.6) is 0 Å². The normalized spacial score (nSPS) is 11.2. The number of hydrogen-bond donors (Lipinski definition) is 1. The molecule has 0 radical (unpaired) electrons. The van der Waals surface area contributed by atoms with E-state index >= 15 is 0 Å². The number of carbonyl (C=O) groups is 1. The van der Waals surface area contributed by atoms with Gasteiger partial charge < -0.3 is 9.72 Å². The molecule has 6 heteroatoms. The highest BCUT2D eigenvalue weighted by molar-refractivity contribution is 5.87. The van der Waals surface area contributed by atoms with E-state index in [0.717, 1.165) is 0 Å². The topological polar surface area (TPSA) is 95.8 Å². The number of nitrogens with zero attached hydrogens (tertiary/aromatic N) is 2. The van der Waals surface area contributed by atoms with E-state index in [4.69, 9.17) is 10.00 Å². The van der Waals surface area contributed by atoms with Crippen LogP contribution < -0.4 is 5.56 Å². The number of rotatable bonds is 3. The maximum atomic E-state index is 12.1. The molecule has 0 spiro atoms. The van der Waals surface area contributed by atoms with Gasteiger partial charge in [0, 0.05) is 5.39 Å². The Labute approximate surface area is 127 Å². The van der Waals surface area contributed by atoms with Crippen LogP contribution in [0.3, 0.4) is 0 Å². The third-order valence-corrected chi connectivity index (χ3v) is 3.70. The van der Waals surface area contributed by atoms with Gasteiger partial charge >= 0.3 is 5.97 Å². The van der Waals surface area contributed by atoms with Crippen molar-refractivity contribution in [2.75, 3.05) is 6.61 Å². The smallest absolute Gasteiger partial charge is 0.317 e. The lowest BCUT2D eigenvalue weighted by Crippen LogP contribution is -2.32. The molecule has 0 amide bonds. The van der Waals surface area contributed by atoms with Crippen molar-refractivity contribution in [3.8, 4) is 6.07 Å². The molecule has 0 bridgehead atoms. The van der Waals surface area contributed by atoms with E-state index in [-0.39, 0.29) is 11.5 Å². The average molecular weight is 299 g/mol. The monoisotopic (exact) mass is 299 g/mol. The molecular formula is C16H17N3O3. The summed E-state index contributed by atoms with van der Waals surface area (Å²) in [5.74, 6) is -0.371. The van der Waals surface area contributed by atoms with Gasteiger partial charge in [0.1, 0.15) is 17.0 Å². The molecule has 0 aliphatic heterocycles. The Morgan fingerprint density at radius 3 is 2.77 bits per heavy atom. The molecule has 2 aromatic rings. The number of nitriles is 1. The fourth-order valence-corrected chi connectivity index (χ4v) is 2.25. The van der Waals surface area contributed by atoms with Gasteiger partial charge in [-0.1, -0.05) is 0 Å². The number of fused-ring (bicyclic) bond motifs is 1. The quantitative estimate of drug-likeness (QED) is 0.874. The maximum Gasteiger partial charge on any atom is 0.317 e. The van der Waals surface area contributed by atoms with Crippen LogP contribution in [0.1, 0.15) is 37.6 Å². The van der Waals surface area contributed by atoms with Crippen LogP contribution in [-0.2, 0) is 14.9 Å². The SMILES string of the molecule is CCOC(=O)C(C)(C)c1cc2c(C)c(C#N)c(=O)[nH]c2cn1. The van der Waals surface area contributed by atoms with Gasteiger partial charge in [0.15, 0.2) is 0 Å². The molecule has 114 valence electrons. The van der Waals surface area contributed by atoms with Crippen LogP contribution in [0.25, 0.3) is 10.9 Å². The van der Waals surface area contributed by atoms with Gasteiger partial charge in [-0.25, -0.2) is 0 Å². The molecule has 0 fully saturated rings. The van der Waals surface area contributed by atoms with Crippen LogP contribution >= 0.6 is 0 Å². The minimum atomic E-state index is -0.917. The van der Waals surface area contributed by atoms with Crippen LogP contribution in [0, 0.1) is 18.3 Å². The highest BCUT2D eigenvalue weighted by atomic mass is 16.5. The van der Waals surface area contributed by atoms with E-state index in [1.54, 1.807) is 33.8 Å². The Hall–Kier alpha value is -2.68. The van der Waals surface area contributed by atoms with Crippen molar-refractivity contribution in [2.24, 2.45) is 0 Å². The first-order chi connectivity index (χ1) is 10.3. The molecule has 0 saturated carbocycles. The lowest BCUT2D eigenvalue weighted by atomic mass is 9.88. The third-order valence-electron chi connectivity index (χ3n) is 3.70. The molecule has 0 atom stereocenters. The lowest BCUT2D eigenvalue weighted by molar-refractivity contribution is -0.148. The minimum Gasteiger partial charge on any atom is -0.465 e. The Balaban J connectivity index is 2.67. The van der Waals surface area contributed by atoms with Gasteiger partial charge in [-0.2, -0.15) is 5.26 Å². The van der Waals surface area contributed by atoms with Crippen LogP contribution in [0.15, 0.2) is 17.1 Å². The van der Waals surface area contributed by atoms with E-state index in [1.807, 2.05) is 6.07 Å². The molecule has 0 unspecified atom stereocenters. The highest BCUT2D eigenvalue weighted by Crippen LogP contribution is 2.26. The summed E-state index contributed by atoms with van der Waals surface area (Å²) in [5, 5.41) is 9.78. The second-order valence-corrected chi connectivity index (χ2v) is 5.53. The van der Waals surface area contributed by atoms with Crippen molar-refractivity contribution in [3.05, 3.63) is 39.4 Å². The van der Waals surface area contributed by atoms with Gasteiger partial charge in [-0.05, 0) is 39.3 Å². The number of nitrogens with one attached hydrogen (secondary N) is 1. The van der Waals surface area contributed by atoms with Crippen molar-refractivity contribution < 1.29 is 9.53 Å². The van der Waals surface area contributed by atoms with Crippen LogP contribution in [0.4, 0.5) is 0 Å². The van der Waals surface area contributed by atoms with Crippen molar-refractivity contribution in [3.63, 3.8) is 0 Å². The summed E-state index contributed by atoms with van der Waals surface area (Å²) in [7, 11) is 0. The van der Waals surface area contributed by atoms with Gasteiger partial charge in [-0.15, -0.1) is 0 Å². The largest absolute Gasteiger partial charge is 0.465 e. The lowest BCUT2D eigenvalue weighted by Gasteiger charge is -2.22. The summed E-state index contributed by atoms with van der Waals surface area (Å²) in [5.41, 5.74) is 0.344. The Kier molecular flexibility index (Phi) is 4.00. The number of carbonyl (C=O) groups excluding carboxylic acids is 1. The van der Waals surface area contributed by atoms with E-state index in [9.17, 15) is 9.59 Å². The average Bonchev–Trinajstić information content (AvgIpc) is 2.47. The molecule has 0 saturated heterocycles. The number of aromatic nitrogens is 2. The van der Waals surface area contributed by atoms with Crippen molar-refractivity contribution >= 4 is 16.9 Å². The molecule has 2 rings (SSSR count). The summed E-state index contributed by atoms with van der Waals surface area (Å²) in [4.78, 5) is 30.8. The zero-order valence-electron chi connectivity index (χ0n) is 13.0. The third kappa shape index (κ3) is 2.46. The second-order valence-electron chi connectivity index (χ2n) is 5.53. The van der Waals surface area contributed by atoms with Gasteiger partial charge in [-0.3, -0.25) is 14.6 Å². The van der Waals surface area contributed by atoms with Gasteiger partial charge in [0.2, 0.25) is 0 Å². The standard InChI is InChI=1S/C16H17N3O3/c1-5-22-15(21)16(3,4)13-6-10-9(2)11(7-17)14(20)19-12(10)8-18-13/h6,8H,5H2,1-4H3,(H,19,20). The molecule has 0 aliphatic carbocycles. The molecule has 2 aromatic heterocycles. The van der Waals surface area contributed by atoms with Crippen molar-refractivity contribution in [2.45, 2.75) is 33.1 Å². The van der Waals surface area contributed by atoms with E-state index < -0.39 is 11.0 Å². The fourth-order valence-electron chi connectivity index (χ4n) is 2.25. The molecule has 6 nitrogen and oxygen atoms in total. The molecule has 2 heterocycles. The predicted molar refractivity (Wildman–Crippen MR) is 81.5 cm³/mol. The zero-order chi connectivity index (χ0) is 16.5. The summed E-state index contributed by atoms with van der Waals surface area (Å²) in [6, 6.07) is 3.62. The predicted octanol–water partition coefficient (Wildman–Crippen LogP) is 1.94. The van der Waals surface area contributed by atoms with Crippen LogP contribution in [0.2, 0.25) is 0 Å².